The van der Waals surface area contributed by atoms with E-state index in [1.807, 2.05) is 18.4 Å². The lowest BCUT2D eigenvalue weighted by atomic mass is 10.0. The van der Waals surface area contributed by atoms with Gasteiger partial charge in [-0.3, -0.25) is 0 Å². The number of sulfonamides is 1. The van der Waals surface area contributed by atoms with Crippen molar-refractivity contribution in [2.45, 2.75) is 32.2 Å². The van der Waals surface area contributed by atoms with E-state index in [9.17, 15) is 8.42 Å². The lowest BCUT2D eigenvalue weighted by Gasteiger charge is -2.28. The SMILES string of the molecule is CC(Cc1cccs1)N(C)S(=O)(=O)CC1CCNCC1. The summed E-state index contributed by atoms with van der Waals surface area (Å²) in [6, 6.07) is 4.09. The van der Waals surface area contributed by atoms with E-state index in [0.29, 0.717) is 11.7 Å². The van der Waals surface area contributed by atoms with Gasteiger partial charge in [0.1, 0.15) is 0 Å². The van der Waals surface area contributed by atoms with Crippen molar-refractivity contribution in [1.29, 1.82) is 0 Å². The minimum atomic E-state index is -3.15. The molecule has 0 aromatic carbocycles. The Morgan fingerprint density at radius 3 is 2.75 bits per heavy atom. The molecule has 114 valence electrons. The lowest BCUT2D eigenvalue weighted by Crippen LogP contribution is -2.41. The summed E-state index contributed by atoms with van der Waals surface area (Å²) in [6.45, 7) is 3.86. The molecule has 1 unspecified atom stereocenters. The monoisotopic (exact) mass is 316 g/mol. The molecule has 2 heterocycles. The van der Waals surface area contributed by atoms with Gasteiger partial charge in [-0.15, -0.1) is 11.3 Å². The highest BCUT2D eigenvalue weighted by Gasteiger charge is 2.27. The first-order valence-corrected chi connectivity index (χ1v) is 9.66. The smallest absolute Gasteiger partial charge is 0.214 e. The summed E-state index contributed by atoms with van der Waals surface area (Å²) in [6.07, 6.45) is 2.72. The molecule has 1 aliphatic rings. The summed E-state index contributed by atoms with van der Waals surface area (Å²) in [4.78, 5) is 1.24. The van der Waals surface area contributed by atoms with Gasteiger partial charge in [-0.05, 0) is 56.6 Å². The van der Waals surface area contributed by atoms with Crippen LogP contribution in [0.5, 0.6) is 0 Å². The zero-order valence-corrected chi connectivity index (χ0v) is 13.8. The largest absolute Gasteiger partial charge is 0.317 e. The van der Waals surface area contributed by atoms with Crippen LogP contribution in [0.3, 0.4) is 0 Å². The maximum atomic E-state index is 12.5. The van der Waals surface area contributed by atoms with E-state index in [1.165, 1.54) is 4.88 Å². The lowest BCUT2D eigenvalue weighted by molar-refractivity contribution is 0.364. The molecule has 0 amide bonds. The first kappa shape index (κ1) is 15.9. The second-order valence-electron chi connectivity index (χ2n) is 5.62. The van der Waals surface area contributed by atoms with Gasteiger partial charge < -0.3 is 5.32 Å². The fourth-order valence-electron chi connectivity index (χ4n) is 2.59. The van der Waals surface area contributed by atoms with Crippen molar-refractivity contribution in [2.75, 3.05) is 25.9 Å². The molecule has 1 aromatic rings. The molecular formula is C14H24N2O2S2. The molecular weight excluding hydrogens is 292 g/mol. The van der Waals surface area contributed by atoms with Crippen LogP contribution in [-0.4, -0.2) is 44.7 Å². The predicted molar refractivity (Wildman–Crippen MR) is 84.6 cm³/mol. The molecule has 1 N–H and O–H groups in total. The Bertz CT molecular complexity index is 493. The molecule has 1 fully saturated rings. The number of likely N-dealkylation sites (N-methyl/N-ethyl adjacent to an activating group) is 1. The third-order valence-electron chi connectivity index (χ3n) is 4.04. The molecule has 0 bridgehead atoms. The van der Waals surface area contributed by atoms with Gasteiger partial charge in [0.25, 0.3) is 0 Å². The maximum Gasteiger partial charge on any atom is 0.214 e. The van der Waals surface area contributed by atoms with Crippen LogP contribution in [0.1, 0.15) is 24.6 Å². The Morgan fingerprint density at radius 1 is 1.45 bits per heavy atom. The summed E-state index contributed by atoms with van der Waals surface area (Å²) in [7, 11) is -1.44. The van der Waals surface area contributed by atoms with Crippen LogP contribution < -0.4 is 5.32 Å². The van der Waals surface area contributed by atoms with Gasteiger partial charge in [-0.2, -0.15) is 0 Å². The third-order valence-corrected chi connectivity index (χ3v) is 7.07. The summed E-state index contributed by atoms with van der Waals surface area (Å²) in [5.41, 5.74) is 0. The normalized spacial score (nSPS) is 19.4. The summed E-state index contributed by atoms with van der Waals surface area (Å²) in [5.74, 6) is 0.595. The van der Waals surface area contributed by atoms with Crippen LogP contribution >= 0.6 is 11.3 Å². The minimum absolute atomic E-state index is 0.0142. The topological polar surface area (TPSA) is 49.4 Å². The molecule has 4 nitrogen and oxygen atoms in total. The zero-order valence-electron chi connectivity index (χ0n) is 12.2. The molecule has 0 spiro atoms. The van der Waals surface area contributed by atoms with Crippen molar-refractivity contribution in [3.8, 4) is 0 Å². The van der Waals surface area contributed by atoms with Gasteiger partial charge in [0, 0.05) is 18.0 Å². The summed E-state index contributed by atoms with van der Waals surface area (Å²) < 4.78 is 26.5. The molecule has 1 aliphatic heterocycles. The molecule has 0 aliphatic carbocycles. The van der Waals surface area contributed by atoms with Crippen LogP contribution in [-0.2, 0) is 16.4 Å². The van der Waals surface area contributed by atoms with Crippen LogP contribution in [0.4, 0.5) is 0 Å². The van der Waals surface area contributed by atoms with Gasteiger partial charge in [0.2, 0.25) is 10.0 Å². The van der Waals surface area contributed by atoms with Crippen molar-refractivity contribution in [3.05, 3.63) is 22.4 Å². The van der Waals surface area contributed by atoms with Crippen LogP contribution in [0.2, 0.25) is 0 Å². The Balaban J connectivity index is 1.93. The van der Waals surface area contributed by atoms with E-state index in [1.54, 1.807) is 22.7 Å². The number of nitrogens with one attached hydrogen (secondary N) is 1. The number of hydrogen-bond acceptors (Lipinski definition) is 4. The Hall–Kier alpha value is -0.430. The van der Waals surface area contributed by atoms with Gasteiger partial charge in [-0.25, -0.2) is 12.7 Å². The van der Waals surface area contributed by atoms with Crippen molar-refractivity contribution in [3.63, 3.8) is 0 Å². The fraction of sp³-hybridized carbons (Fsp3) is 0.714. The number of hydrogen-bond donors (Lipinski definition) is 1. The second-order valence-corrected chi connectivity index (χ2v) is 8.73. The zero-order chi connectivity index (χ0) is 14.6. The predicted octanol–water partition coefficient (Wildman–Crippen LogP) is 1.94. The van der Waals surface area contributed by atoms with E-state index >= 15 is 0 Å². The first-order valence-electron chi connectivity index (χ1n) is 7.18. The Morgan fingerprint density at radius 2 is 2.15 bits per heavy atom. The molecule has 1 saturated heterocycles. The van der Waals surface area contributed by atoms with Crippen molar-refractivity contribution in [2.24, 2.45) is 5.92 Å². The molecule has 2 rings (SSSR count). The molecule has 0 saturated carbocycles. The maximum absolute atomic E-state index is 12.5. The minimum Gasteiger partial charge on any atom is -0.317 e. The number of piperidine rings is 1. The second kappa shape index (κ2) is 7.02. The Kier molecular flexibility index (Phi) is 5.60. The Labute approximate surface area is 126 Å². The van der Waals surface area contributed by atoms with E-state index in [2.05, 4.69) is 11.4 Å². The van der Waals surface area contributed by atoms with E-state index < -0.39 is 10.0 Å². The fourth-order valence-corrected chi connectivity index (χ4v) is 5.20. The van der Waals surface area contributed by atoms with Gasteiger partial charge in [0.15, 0.2) is 0 Å². The van der Waals surface area contributed by atoms with E-state index in [-0.39, 0.29) is 6.04 Å². The highest BCUT2D eigenvalue weighted by atomic mass is 32.2. The van der Waals surface area contributed by atoms with Gasteiger partial charge in [-0.1, -0.05) is 6.07 Å². The number of nitrogens with zero attached hydrogens (tertiary/aromatic N) is 1. The summed E-state index contributed by atoms with van der Waals surface area (Å²) in [5, 5.41) is 5.31. The highest BCUT2D eigenvalue weighted by molar-refractivity contribution is 7.89. The first-order chi connectivity index (χ1) is 9.49. The standard InChI is InChI=1S/C14H24N2O2S2/c1-12(10-14-4-3-9-19-14)16(2)20(17,18)11-13-5-7-15-8-6-13/h3-4,9,12-13,15H,5-8,10-11H2,1-2H3. The van der Waals surface area contributed by atoms with Crippen molar-refractivity contribution < 1.29 is 8.42 Å². The molecule has 20 heavy (non-hydrogen) atoms. The van der Waals surface area contributed by atoms with Crippen LogP contribution in [0, 0.1) is 5.92 Å². The third kappa shape index (κ3) is 4.28. The molecule has 6 heteroatoms. The van der Waals surface area contributed by atoms with E-state index in [0.717, 1.165) is 32.4 Å². The van der Waals surface area contributed by atoms with Crippen LogP contribution in [0.25, 0.3) is 0 Å². The van der Waals surface area contributed by atoms with Crippen molar-refractivity contribution in [1.82, 2.24) is 9.62 Å². The summed E-state index contributed by atoms with van der Waals surface area (Å²) >= 11 is 1.69. The number of thiophene rings is 1. The average molecular weight is 316 g/mol. The molecule has 0 radical (unpaired) electrons. The molecule has 1 atom stereocenters. The van der Waals surface area contributed by atoms with Crippen molar-refractivity contribution >= 4 is 21.4 Å². The molecule has 1 aromatic heterocycles. The average Bonchev–Trinajstić information content (AvgIpc) is 2.91. The van der Waals surface area contributed by atoms with Crippen LogP contribution in [0.15, 0.2) is 17.5 Å². The highest BCUT2D eigenvalue weighted by Crippen LogP contribution is 2.19. The van der Waals surface area contributed by atoms with Gasteiger partial charge >= 0.3 is 0 Å². The quantitative estimate of drug-likeness (QED) is 0.872. The van der Waals surface area contributed by atoms with Gasteiger partial charge in [0.05, 0.1) is 5.75 Å². The number of rotatable bonds is 6. The van der Waals surface area contributed by atoms with E-state index in [4.69, 9.17) is 0 Å².